The first-order chi connectivity index (χ1) is 7.96. The van der Waals surface area contributed by atoms with E-state index >= 15 is 0 Å². The van der Waals surface area contributed by atoms with Crippen molar-refractivity contribution in [2.24, 2.45) is 0 Å². The highest BCUT2D eigenvalue weighted by Gasteiger charge is 2.41. The topological polar surface area (TPSA) is 29.5 Å². The minimum Gasteiger partial charge on any atom is -0.389 e. The summed E-state index contributed by atoms with van der Waals surface area (Å²) in [4.78, 5) is 1.08. The van der Waals surface area contributed by atoms with E-state index in [1.807, 2.05) is 11.4 Å². The molecule has 1 aromatic rings. The lowest BCUT2D eigenvalue weighted by Gasteiger charge is -2.43. The second kappa shape index (κ2) is 4.88. The maximum atomic E-state index is 10.7. The number of aliphatic hydroxyl groups is 1. The summed E-state index contributed by atoms with van der Waals surface area (Å²) in [5, 5.41) is 13.4. The third-order valence-corrected chi connectivity index (χ3v) is 5.04. The van der Waals surface area contributed by atoms with Gasteiger partial charge in [-0.2, -0.15) is 0 Å². The van der Waals surface area contributed by atoms with Gasteiger partial charge in [0, 0.05) is 17.7 Å². The summed E-state index contributed by atoms with van der Waals surface area (Å²) in [6.45, 7) is 4.81. The van der Waals surface area contributed by atoms with Gasteiger partial charge in [0.15, 0.2) is 0 Å². The monoisotopic (exact) mass is 274 g/mol. The van der Waals surface area contributed by atoms with Gasteiger partial charge in [-0.25, -0.2) is 0 Å². The van der Waals surface area contributed by atoms with Crippen molar-refractivity contribution in [3.05, 3.63) is 21.3 Å². The molecule has 2 rings (SSSR count). The van der Waals surface area contributed by atoms with Gasteiger partial charge in [0.25, 0.3) is 0 Å². The van der Waals surface area contributed by atoms with E-state index in [2.05, 4.69) is 13.8 Å². The van der Waals surface area contributed by atoms with Crippen LogP contribution in [0.25, 0.3) is 0 Å². The second-order valence-corrected chi connectivity index (χ2v) is 6.58. The molecule has 0 aromatic carbocycles. The summed E-state index contributed by atoms with van der Waals surface area (Å²) in [7, 11) is 0. The average Bonchev–Trinajstić information content (AvgIpc) is 2.63. The first-order valence-electron chi connectivity index (χ1n) is 6.05. The molecule has 0 amide bonds. The van der Waals surface area contributed by atoms with Gasteiger partial charge >= 0.3 is 0 Å². The fourth-order valence-electron chi connectivity index (χ4n) is 2.45. The Morgan fingerprint density at radius 3 is 2.94 bits per heavy atom. The standard InChI is InChI=1S/C13H19ClO2S/c1-3-12(2)9-13(15,5-6-16-12)8-11-10(14)4-7-17-11/h4,7,15H,3,5-6,8-9H2,1-2H3. The molecule has 0 saturated carbocycles. The molecule has 1 N–H and O–H groups in total. The fraction of sp³-hybridized carbons (Fsp3) is 0.692. The van der Waals surface area contributed by atoms with Gasteiger partial charge in [-0.05, 0) is 31.2 Å². The Labute approximate surface area is 112 Å². The van der Waals surface area contributed by atoms with Crippen LogP contribution in [0.5, 0.6) is 0 Å². The van der Waals surface area contributed by atoms with Gasteiger partial charge in [-0.1, -0.05) is 18.5 Å². The van der Waals surface area contributed by atoms with Crippen LogP contribution in [0.3, 0.4) is 0 Å². The van der Waals surface area contributed by atoms with E-state index in [4.69, 9.17) is 16.3 Å². The zero-order chi connectivity index (χ0) is 12.5. The number of thiophene rings is 1. The van der Waals surface area contributed by atoms with Crippen molar-refractivity contribution < 1.29 is 9.84 Å². The Kier molecular flexibility index (Phi) is 3.83. The van der Waals surface area contributed by atoms with Crippen molar-refractivity contribution in [1.82, 2.24) is 0 Å². The van der Waals surface area contributed by atoms with Crippen LogP contribution < -0.4 is 0 Å². The molecule has 0 spiro atoms. The minimum atomic E-state index is -0.669. The van der Waals surface area contributed by atoms with E-state index in [0.717, 1.165) is 16.3 Å². The van der Waals surface area contributed by atoms with Crippen LogP contribution >= 0.6 is 22.9 Å². The van der Waals surface area contributed by atoms with E-state index in [1.165, 1.54) is 0 Å². The predicted molar refractivity (Wildman–Crippen MR) is 71.9 cm³/mol. The SMILES string of the molecule is CCC1(C)CC(O)(Cc2sccc2Cl)CCO1. The molecule has 2 atom stereocenters. The molecule has 1 fully saturated rings. The number of hydrogen-bond donors (Lipinski definition) is 1. The molecule has 1 aliphatic heterocycles. The molecule has 2 heterocycles. The first-order valence-corrected chi connectivity index (χ1v) is 7.30. The third kappa shape index (κ3) is 3.02. The largest absolute Gasteiger partial charge is 0.389 e. The van der Waals surface area contributed by atoms with Crippen LogP contribution in [-0.2, 0) is 11.2 Å². The number of rotatable bonds is 3. The highest BCUT2D eigenvalue weighted by Crippen LogP contribution is 2.38. The van der Waals surface area contributed by atoms with Crippen LogP contribution in [-0.4, -0.2) is 22.9 Å². The zero-order valence-electron chi connectivity index (χ0n) is 10.3. The number of ether oxygens (including phenoxy) is 1. The van der Waals surface area contributed by atoms with E-state index in [0.29, 0.717) is 25.9 Å². The molecule has 1 aromatic heterocycles. The number of halogens is 1. The molecular weight excluding hydrogens is 256 g/mol. The normalized spacial score (nSPS) is 33.9. The second-order valence-electron chi connectivity index (χ2n) is 5.17. The van der Waals surface area contributed by atoms with Gasteiger partial charge in [0.2, 0.25) is 0 Å². The Hall–Kier alpha value is -0.0900. The van der Waals surface area contributed by atoms with Gasteiger partial charge in [0.1, 0.15) is 0 Å². The van der Waals surface area contributed by atoms with Gasteiger partial charge in [-0.15, -0.1) is 11.3 Å². The van der Waals surface area contributed by atoms with E-state index < -0.39 is 5.60 Å². The van der Waals surface area contributed by atoms with Crippen molar-refractivity contribution in [2.75, 3.05) is 6.61 Å². The van der Waals surface area contributed by atoms with Crippen LogP contribution in [0.4, 0.5) is 0 Å². The van der Waals surface area contributed by atoms with Crippen LogP contribution in [0.15, 0.2) is 11.4 Å². The molecule has 1 aliphatic rings. The Bertz CT molecular complexity index is 393. The molecule has 0 aliphatic carbocycles. The molecule has 0 radical (unpaired) electrons. The quantitative estimate of drug-likeness (QED) is 0.912. The van der Waals surface area contributed by atoms with Gasteiger partial charge < -0.3 is 9.84 Å². The Morgan fingerprint density at radius 1 is 1.59 bits per heavy atom. The zero-order valence-corrected chi connectivity index (χ0v) is 11.9. The minimum absolute atomic E-state index is 0.198. The molecule has 4 heteroatoms. The van der Waals surface area contributed by atoms with E-state index in [1.54, 1.807) is 11.3 Å². The molecular formula is C13H19ClO2S. The molecule has 1 saturated heterocycles. The summed E-state index contributed by atoms with van der Waals surface area (Å²) in [5.74, 6) is 0. The summed E-state index contributed by atoms with van der Waals surface area (Å²) in [6.07, 6.45) is 2.94. The molecule has 2 nitrogen and oxygen atoms in total. The lowest BCUT2D eigenvalue weighted by atomic mass is 9.79. The van der Waals surface area contributed by atoms with Gasteiger partial charge in [-0.3, -0.25) is 0 Å². The highest BCUT2D eigenvalue weighted by atomic mass is 35.5. The predicted octanol–water partition coefficient (Wildman–Crippen LogP) is 3.65. The maximum absolute atomic E-state index is 10.7. The lowest BCUT2D eigenvalue weighted by molar-refractivity contribution is -0.152. The van der Waals surface area contributed by atoms with Crippen LogP contribution in [0.2, 0.25) is 5.02 Å². The van der Waals surface area contributed by atoms with Crippen molar-refractivity contribution in [2.45, 2.75) is 50.7 Å². The van der Waals surface area contributed by atoms with Crippen LogP contribution in [0, 0.1) is 0 Å². The van der Waals surface area contributed by atoms with Crippen molar-refractivity contribution in [3.8, 4) is 0 Å². The van der Waals surface area contributed by atoms with Crippen molar-refractivity contribution >= 4 is 22.9 Å². The summed E-state index contributed by atoms with van der Waals surface area (Å²) in [5.41, 5.74) is -0.867. The maximum Gasteiger partial charge on any atom is 0.0745 e. The third-order valence-electron chi connectivity index (χ3n) is 3.65. The average molecular weight is 275 g/mol. The molecule has 17 heavy (non-hydrogen) atoms. The Morgan fingerprint density at radius 2 is 2.35 bits per heavy atom. The summed E-state index contributed by atoms with van der Waals surface area (Å²) in [6, 6.07) is 1.89. The van der Waals surface area contributed by atoms with Crippen LogP contribution in [0.1, 0.15) is 38.0 Å². The smallest absolute Gasteiger partial charge is 0.0745 e. The molecule has 96 valence electrons. The number of hydrogen-bond acceptors (Lipinski definition) is 3. The van der Waals surface area contributed by atoms with E-state index in [9.17, 15) is 5.11 Å². The lowest BCUT2D eigenvalue weighted by Crippen LogP contribution is -2.48. The van der Waals surface area contributed by atoms with E-state index in [-0.39, 0.29) is 5.60 Å². The van der Waals surface area contributed by atoms with Crippen molar-refractivity contribution in [1.29, 1.82) is 0 Å². The molecule has 0 bridgehead atoms. The van der Waals surface area contributed by atoms with Crippen molar-refractivity contribution in [3.63, 3.8) is 0 Å². The Balaban J connectivity index is 2.11. The highest BCUT2D eigenvalue weighted by molar-refractivity contribution is 7.10. The summed E-state index contributed by atoms with van der Waals surface area (Å²) < 4.78 is 5.77. The fourth-order valence-corrected chi connectivity index (χ4v) is 3.69. The van der Waals surface area contributed by atoms with Gasteiger partial charge in [0.05, 0.1) is 22.8 Å². The first kappa shape index (κ1) is 13.3. The summed E-state index contributed by atoms with van der Waals surface area (Å²) >= 11 is 7.71. The molecule has 2 unspecified atom stereocenters.